The molecular formula is C10H11Cl2NO3S. The molecule has 0 saturated carbocycles. The molecule has 94 valence electrons. The summed E-state index contributed by atoms with van der Waals surface area (Å²) in [4.78, 5) is 11.4. The van der Waals surface area contributed by atoms with E-state index in [9.17, 15) is 13.2 Å². The zero-order valence-electron chi connectivity index (χ0n) is 9.04. The van der Waals surface area contributed by atoms with Gasteiger partial charge in [-0.25, -0.2) is 8.42 Å². The number of benzene rings is 1. The van der Waals surface area contributed by atoms with Crippen molar-refractivity contribution >= 4 is 37.2 Å². The third-order valence-corrected chi connectivity index (χ3v) is 3.50. The van der Waals surface area contributed by atoms with Crippen molar-refractivity contribution in [2.24, 2.45) is 0 Å². The van der Waals surface area contributed by atoms with Crippen LogP contribution < -0.4 is 5.32 Å². The molecule has 0 aromatic heterocycles. The van der Waals surface area contributed by atoms with Crippen LogP contribution in [0.2, 0.25) is 5.02 Å². The molecule has 17 heavy (non-hydrogen) atoms. The van der Waals surface area contributed by atoms with Gasteiger partial charge in [-0.2, -0.15) is 0 Å². The molecule has 4 nitrogen and oxygen atoms in total. The highest BCUT2D eigenvalue weighted by molar-refractivity contribution is 8.13. The van der Waals surface area contributed by atoms with Crippen LogP contribution in [0, 0.1) is 0 Å². The van der Waals surface area contributed by atoms with Crippen molar-refractivity contribution in [3.05, 3.63) is 28.8 Å². The van der Waals surface area contributed by atoms with E-state index in [-0.39, 0.29) is 21.4 Å². The Morgan fingerprint density at radius 3 is 2.53 bits per heavy atom. The van der Waals surface area contributed by atoms with E-state index < -0.39 is 9.05 Å². The van der Waals surface area contributed by atoms with Gasteiger partial charge >= 0.3 is 0 Å². The van der Waals surface area contributed by atoms with Gasteiger partial charge in [0.25, 0.3) is 15.0 Å². The van der Waals surface area contributed by atoms with Gasteiger partial charge in [0.2, 0.25) is 0 Å². The zero-order chi connectivity index (χ0) is 13.1. The average Bonchev–Trinajstić information content (AvgIpc) is 2.23. The van der Waals surface area contributed by atoms with Gasteiger partial charge < -0.3 is 5.32 Å². The Morgan fingerprint density at radius 2 is 2.00 bits per heavy atom. The summed E-state index contributed by atoms with van der Waals surface area (Å²) in [5.41, 5.74) is 0.171. The summed E-state index contributed by atoms with van der Waals surface area (Å²) in [6.45, 7) is 2.42. The maximum absolute atomic E-state index is 11.6. The van der Waals surface area contributed by atoms with Crippen molar-refractivity contribution in [2.45, 2.75) is 18.2 Å². The Bertz CT molecular complexity index is 528. The van der Waals surface area contributed by atoms with E-state index in [1.54, 1.807) is 0 Å². The van der Waals surface area contributed by atoms with Crippen LogP contribution >= 0.6 is 22.3 Å². The van der Waals surface area contributed by atoms with E-state index in [4.69, 9.17) is 22.3 Å². The number of hydrogen-bond donors (Lipinski definition) is 1. The monoisotopic (exact) mass is 295 g/mol. The maximum atomic E-state index is 11.6. The summed E-state index contributed by atoms with van der Waals surface area (Å²) in [5, 5.41) is 2.77. The molecule has 0 saturated heterocycles. The molecule has 1 rings (SSSR count). The van der Waals surface area contributed by atoms with Crippen LogP contribution in [0.25, 0.3) is 0 Å². The zero-order valence-corrected chi connectivity index (χ0v) is 11.4. The SMILES string of the molecule is CCCNC(=O)c1cc(Cl)cc(S(=O)(=O)Cl)c1. The van der Waals surface area contributed by atoms with E-state index in [2.05, 4.69) is 5.32 Å². The summed E-state index contributed by atoms with van der Waals surface area (Å²) in [5.74, 6) is -0.379. The molecule has 0 atom stereocenters. The molecule has 1 amide bonds. The molecule has 0 bridgehead atoms. The summed E-state index contributed by atoms with van der Waals surface area (Å²) in [6, 6.07) is 3.78. The van der Waals surface area contributed by atoms with Gasteiger partial charge in [-0.05, 0) is 24.6 Å². The van der Waals surface area contributed by atoms with Crippen LogP contribution in [0.4, 0.5) is 0 Å². The van der Waals surface area contributed by atoms with Gasteiger partial charge in [0.15, 0.2) is 0 Å². The van der Waals surface area contributed by atoms with Crippen LogP contribution in [0.5, 0.6) is 0 Å². The van der Waals surface area contributed by atoms with Crippen molar-refractivity contribution in [2.75, 3.05) is 6.54 Å². The lowest BCUT2D eigenvalue weighted by Gasteiger charge is -2.05. The topological polar surface area (TPSA) is 63.2 Å². The Hall–Kier alpha value is -0.780. The molecule has 0 radical (unpaired) electrons. The van der Waals surface area contributed by atoms with Crippen molar-refractivity contribution < 1.29 is 13.2 Å². The van der Waals surface area contributed by atoms with E-state index in [1.165, 1.54) is 18.2 Å². The Kier molecular flexibility index (Phi) is 4.80. The Labute approximate surface area is 109 Å². The van der Waals surface area contributed by atoms with Crippen LogP contribution in [0.15, 0.2) is 23.1 Å². The summed E-state index contributed by atoms with van der Waals surface area (Å²) < 4.78 is 22.3. The number of halogens is 2. The number of carbonyl (C=O) groups excluding carboxylic acids is 1. The van der Waals surface area contributed by atoms with Gasteiger partial charge in [-0.1, -0.05) is 18.5 Å². The molecule has 0 heterocycles. The van der Waals surface area contributed by atoms with Gasteiger partial charge in [0.1, 0.15) is 0 Å². The van der Waals surface area contributed by atoms with Crippen LogP contribution in [-0.2, 0) is 9.05 Å². The summed E-state index contributed by atoms with van der Waals surface area (Å²) in [7, 11) is 1.30. The minimum absolute atomic E-state index is 0.147. The number of carbonyl (C=O) groups is 1. The van der Waals surface area contributed by atoms with E-state index in [0.717, 1.165) is 6.42 Å². The predicted molar refractivity (Wildman–Crippen MR) is 67.1 cm³/mol. The molecule has 1 aromatic carbocycles. The highest BCUT2D eigenvalue weighted by Crippen LogP contribution is 2.21. The predicted octanol–water partition coefficient (Wildman–Crippen LogP) is 2.41. The fourth-order valence-corrected chi connectivity index (χ4v) is 2.28. The maximum Gasteiger partial charge on any atom is 0.261 e. The van der Waals surface area contributed by atoms with Crippen LogP contribution in [-0.4, -0.2) is 20.9 Å². The van der Waals surface area contributed by atoms with Crippen LogP contribution in [0.3, 0.4) is 0 Å². The number of amides is 1. The third-order valence-electron chi connectivity index (χ3n) is 1.95. The second-order valence-corrected chi connectivity index (χ2v) is 6.37. The molecule has 0 aliphatic carbocycles. The minimum atomic E-state index is -3.89. The van der Waals surface area contributed by atoms with E-state index >= 15 is 0 Å². The first-order chi connectivity index (χ1) is 7.84. The van der Waals surface area contributed by atoms with Gasteiger partial charge in [0.05, 0.1) is 4.90 Å². The lowest BCUT2D eigenvalue weighted by atomic mass is 10.2. The Morgan fingerprint density at radius 1 is 1.35 bits per heavy atom. The standard InChI is InChI=1S/C10H11Cl2NO3S/c1-2-3-13-10(14)7-4-8(11)6-9(5-7)17(12,15)16/h4-6H,2-3H2,1H3,(H,13,14). The van der Waals surface area contributed by atoms with Crippen molar-refractivity contribution in [1.29, 1.82) is 0 Å². The van der Waals surface area contributed by atoms with E-state index in [1.807, 2.05) is 6.92 Å². The average molecular weight is 296 g/mol. The molecule has 0 fully saturated rings. The fourth-order valence-electron chi connectivity index (χ4n) is 1.18. The molecule has 0 spiro atoms. The number of rotatable bonds is 4. The molecule has 1 N–H and O–H groups in total. The molecule has 0 aliphatic heterocycles. The first-order valence-corrected chi connectivity index (χ1v) is 7.56. The van der Waals surface area contributed by atoms with E-state index in [0.29, 0.717) is 6.54 Å². The first kappa shape index (κ1) is 14.3. The highest BCUT2D eigenvalue weighted by atomic mass is 35.7. The van der Waals surface area contributed by atoms with Crippen molar-refractivity contribution in [3.63, 3.8) is 0 Å². The summed E-state index contributed by atoms with van der Waals surface area (Å²) in [6.07, 6.45) is 0.785. The van der Waals surface area contributed by atoms with Gasteiger partial charge in [-0.3, -0.25) is 4.79 Å². The summed E-state index contributed by atoms with van der Waals surface area (Å²) >= 11 is 5.73. The largest absolute Gasteiger partial charge is 0.352 e. The number of hydrogen-bond acceptors (Lipinski definition) is 3. The third kappa shape index (κ3) is 4.18. The molecular weight excluding hydrogens is 285 g/mol. The fraction of sp³-hybridized carbons (Fsp3) is 0.300. The smallest absolute Gasteiger partial charge is 0.261 e. The van der Waals surface area contributed by atoms with Gasteiger partial charge in [-0.15, -0.1) is 0 Å². The molecule has 0 unspecified atom stereocenters. The van der Waals surface area contributed by atoms with Crippen LogP contribution in [0.1, 0.15) is 23.7 Å². The molecule has 1 aromatic rings. The molecule has 0 aliphatic rings. The van der Waals surface area contributed by atoms with Crippen molar-refractivity contribution in [1.82, 2.24) is 5.32 Å². The Balaban J connectivity index is 3.10. The molecule has 7 heteroatoms. The number of nitrogens with one attached hydrogen (secondary N) is 1. The second kappa shape index (κ2) is 5.71. The lowest BCUT2D eigenvalue weighted by Crippen LogP contribution is -2.24. The van der Waals surface area contributed by atoms with Crippen molar-refractivity contribution in [3.8, 4) is 0 Å². The lowest BCUT2D eigenvalue weighted by molar-refractivity contribution is 0.0953. The quantitative estimate of drug-likeness (QED) is 0.868. The second-order valence-electron chi connectivity index (χ2n) is 3.37. The first-order valence-electron chi connectivity index (χ1n) is 4.88. The van der Waals surface area contributed by atoms with Gasteiger partial charge in [0, 0.05) is 27.8 Å². The minimum Gasteiger partial charge on any atom is -0.352 e. The highest BCUT2D eigenvalue weighted by Gasteiger charge is 2.15. The normalized spacial score (nSPS) is 11.2.